The Kier molecular flexibility index (Phi) is 3.69. The Morgan fingerprint density at radius 1 is 1.18 bits per heavy atom. The number of benzene rings is 1. The molecule has 9 nitrogen and oxygen atoms in total. The normalized spacial score (nSPS) is 10.2. The van der Waals surface area contributed by atoms with Crippen LogP contribution < -0.4 is 10.1 Å². The van der Waals surface area contributed by atoms with E-state index in [1.807, 2.05) is 0 Å². The minimum Gasteiger partial charge on any atom is -0.422 e. The molecule has 0 aliphatic heterocycles. The summed E-state index contributed by atoms with van der Waals surface area (Å²) >= 11 is 0. The Morgan fingerprint density at radius 2 is 2.00 bits per heavy atom. The summed E-state index contributed by atoms with van der Waals surface area (Å²) in [6, 6.07) is 6.84. The van der Waals surface area contributed by atoms with E-state index in [0.29, 0.717) is 11.4 Å². The first-order valence-electron chi connectivity index (χ1n) is 6.32. The smallest absolute Gasteiger partial charge is 0.361 e. The van der Waals surface area contributed by atoms with Gasteiger partial charge in [0.1, 0.15) is 11.4 Å². The van der Waals surface area contributed by atoms with Crippen LogP contribution in [0.2, 0.25) is 0 Å². The third kappa shape index (κ3) is 3.20. The summed E-state index contributed by atoms with van der Waals surface area (Å²) in [7, 11) is 0. The fourth-order valence-corrected chi connectivity index (χ4v) is 1.61. The zero-order valence-corrected chi connectivity index (χ0v) is 11.5. The molecule has 3 aromatic rings. The molecule has 1 amide bonds. The second-order valence-corrected chi connectivity index (χ2v) is 4.32. The van der Waals surface area contributed by atoms with Gasteiger partial charge in [0, 0.05) is 11.9 Å². The molecule has 0 bridgehead atoms. The molecule has 0 saturated heterocycles. The molecule has 3 rings (SSSR count). The van der Waals surface area contributed by atoms with Crippen LogP contribution in [0.5, 0.6) is 11.8 Å². The maximum atomic E-state index is 12.0. The Balaban J connectivity index is 1.65. The van der Waals surface area contributed by atoms with E-state index >= 15 is 0 Å². The minimum absolute atomic E-state index is 0.117. The van der Waals surface area contributed by atoms with E-state index in [9.17, 15) is 4.79 Å². The molecule has 2 N–H and O–H groups in total. The Morgan fingerprint density at radius 3 is 2.64 bits per heavy atom. The number of H-pyrrole nitrogens is 1. The number of nitrogens with one attached hydrogen (secondary N) is 2. The van der Waals surface area contributed by atoms with Gasteiger partial charge in [0.15, 0.2) is 0 Å². The summed E-state index contributed by atoms with van der Waals surface area (Å²) in [6.07, 6.45) is 2.97. The predicted octanol–water partition coefficient (Wildman–Crippen LogP) is 1.34. The quantitative estimate of drug-likeness (QED) is 0.745. The van der Waals surface area contributed by atoms with Crippen LogP contribution in [0, 0.1) is 6.92 Å². The van der Waals surface area contributed by atoms with Gasteiger partial charge in [0.25, 0.3) is 5.91 Å². The van der Waals surface area contributed by atoms with Crippen molar-refractivity contribution in [1.82, 2.24) is 30.6 Å². The van der Waals surface area contributed by atoms with Gasteiger partial charge in [-0.2, -0.15) is 5.21 Å². The zero-order valence-electron chi connectivity index (χ0n) is 11.5. The lowest BCUT2D eigenvalue weighted by atomic mass is 10.3. The fourth-order valence-electron chi connectivity index (χ4n) is 1.61. The lowest BCUT2D eigenvalue weighted by Crippen LogP contribution is -2.14. The average Bonchev–Trinajstić information content (AvgIpc) is 3.03. The number of tetrazole rings is 1. The number of amides is 1. The monoisotopic (exact) mass is 297 g/mol. The van der Waals surface area contributed by atoms with Gasteiger partial charge in [-0.15, -0.1) is 0 Å². The van der Waals surface area contributed by atoms with E-state index in [-0.39, 0.29) is 17.6 Å². The van der Waals surface area contributed by atoms with E-state index in [1.165, 1.54) is 12.4 Å². The van der Waals surface area contributed by atoms with Crippen LogP contribution in [-0.2, 0) is 0 Å². The van der Waals surface area contributed by atoms with E-state index < -0.39 is 0 Å². The van der Waals surface area contributed by atoms with Crippen molar-refractivity contribution in [2.75, 3.05) is 5.32 Å². The molecular formula is C13H11N7O2. The Labute approximate surface area is 124 Å². The van der Waals surface area contributed by atoms with Crippen molar-refractivity contribution >= 4 is 11.6 Å². The van der Waals surface area contributed by atoms with Crippen molar-refractivity contribution in [3.05, 3.63) is 48.0 Å². The number of rotatable bonds is 4. The molecule has 0 aliphatic carbocycles. The molecule has 2 aromatic heterocycles. The van der Waals surface area contributed by atoms with Gasteiger partial charge < -0.3 is 10.1 Å². The molecule has 0 saturated carbocycles. The lowest BCUT2D eigenvalue weighted by molar-refractivity contribution is 0.102. The Hall–Kier alpha value is -3.36. The second-order valence-electron chi connectivity index (χ2n) is 4.32. The molecule has 110 valence electrons. The number of hydrogen-bond donors (Lipinski definition) is 2. The Bertz CT molecular complexity index is 754. The van der Waals surface area contributed by atoms with Crippen LogP contribution in [0.3, 0.4) is 0 Å². The highest BCUT2D eigenvalue weighted by Crippen LogP contribution is 2.19. The van der Waals surface area contributed by atoms with Gasteiger partial charge in [0.05, 0.1) is 11.9 Å². The molecular weight excluding hydrogens is 286 g/mol. The van der Waals surface area contributed by atoms with Gasteiger partial charge >= 0.3 is 6.01 Å². The van der Waals surface area contributed by atoms with Gasteiger partial charge in [-0.25, -0.2) is 4.98 Å². The molecule has 0 aliphatic rings. The first-order chi connectivity index (χ1) is 10.7. The van der Waals surface area contributed by atoms with Crippen LogP contribution in [0.15, 0.2) is 36.7 Å². The number of aromatic amines is 1. The van der Waals surface area contributed by atoms with Crippen LogP contribution >= 0.6 is 0 Å². The maximum Gasteiger partial charge on any atom is 0.361 e. The van der Waals surface area contributed by atoms with E-state index in [1.54, 1.807) is 31.2 Å². The number of carbonyl (C=O) groups is 1. The third-order valence-corrected chi connectivity index (χ3v) is 2.66. The average molecular weight is 297 g/mol. The molecule has 0 radical (unpaired) electrons. The minimum atomic E-state index is -0.334. The first-order valence-corrected chi connectivity index (χ1v) is 6.32. The van der Waals surface area contributed by atoms with Crippen LogP contribution in [-0.4, -0.2) is 36.5 Å². The fraction of sp³-hybridized carbons (Fsp3) is 0.0769. The second kappa shape index (κ2) is 5.95. The zero-order chi connectivity index (χ0) is 15.4. The number of aryl methyl sites for hydroxylation is 1. The predicted molar refractivity (Wildman–Crippen MR) is 75.4 cm³/mol. The molecule has 0 fully saturated rings. The van der Waals surface area contributed by atoms with Gasteiger partial charge in [-0.3, -0.25) is 9.78 Å². The molecule has 0 spiro atoms. The van der Waals surface area contributed by atoms with Gasteiger partial charge in [-0.05, 0) is 36.4 Å². The summed E-state index contributed by atoms with van der Waals surface area (Å²) in [6.45, 7) is 1.80. The van der Waals surface area contributed by atoms with Crippen molar-refractivity contribution in [1.29, 1.82) is 0 Å². The number of hydrogen-bond acceptors (Lipinski definition) is 7. The number of aromatic nitrogens is 6. The van der Waals surface area contributed by atoms with Gasteiger partial charge in [0.2, 0.25) is 0 Å². The number of nitrogens with zero attached hydrogens (tertiary/aromatic N) is 5. The third-order valence-electron chi connectivity index (χ3n) is 2.66. The van der Waals surface area contributed by atoms with Crippen molar-refractivity contribution in [2.45, 2.75) is 6.92 Å². The van der Waals surface area contributed by atoms with Crippen molar-refractivity contribution in [3.8, 4) is 11.8 Å². The molecule has 0 unspecified atom stereocenters. The highest BCUT2D eigenvalue weighted by molar-refractivity contribution is 6.02. The lowest BCUT2D eigenvalue weighted by Gasteiger charge is -2.05. The molecule has 1 aromatic carbocycles. The largest absolute Gasteiger partial charge is 0.422 e. The summed E-state index contributed by atoms with van der Waals surface area (Å²) in [5, 5.41) is 15.7. The molecule has 0 atom stereocenters. The van der Waals surface area contributed by atoms with E-state index in [4.69, 9.17) is 4.74 Å². The summed E-state index contributed by atoms with van der Waals surface area (Å²) in [4.78, 5) is 20.0. The number of anilines is 1. The van der Waals surface area contributed by atoms with E-state index in [2.05, 4.69) is 35.9 Å². The summed E-state index contributed by atoms with van der Waals surface area (Å²) in [5.41, 5.74) is 1.60. The van der Waals surface area contributed by atoms with Crippen LogP contribution in [0.1, 0.15) is 16.2 Å². The molecule has 9 heteroatoms. The summed E-state index contributed by atoms with van der Waals surface area (Å²) < 4.78 is 5.33. The molecule has 2 heterocycles. The number of carbonyl (C=O) groups excluding carboxylic acids is 1. The maximum absolute atomic E-state index is 12.0. The van der Waals surface area contributed by atoms with Crippen molar-refractivity contribution in [2.24, 2.45) is 0 Å². The van der Waals surface area contributed by atoms with Crippen LogP contribution in [0.4, 0.5) is 5.69 Å². The SMILES string of the molecule is Cc1cnc(C(=O)Nc2ccc(Oc3nn[nH]n3)cc2)cn1. The van der Waals surface area contributed by atoms with Crippen LogP contribution in [0.25, 0.3) is 0 Å². The standard InChI is InChI=1S/C13H11N7O2/c1-8-6-15-11(7-14-8)12(21)16-9-2-4-10(5-3-9)22-13-17-19-20-18-13/h2-7H,1H3,(H,16,21)(H,17,18,19,20). The van der Waals surface area contributed by atoms with Crippen molar-refractivity contribution < 1.29 is 9.53 Å². The topological polar surface area (TPSA) is 119 Å². The van der Waals surface area contributed by atoms with Gasteiger partial charge in [-0.1, -0.05) is 10.2 Å². The molecule has 22 heavy (non-hydrogen) atoms. The highest BCUT2D eigenvalue weighted by atomic mass is 16.5. The highest BCUT2D eigenvalue weighted by Gasteiger charge is 2.08. The first kappa shape index (κ1) is 13.6. The number of ether oxygens (including phenoxy) is 1. The summed E-state index contributed by atoms with van der Waals surface area (Å²) in [5.74, 6) is 0.189. The van der Waals surface area contributed by atoms with E-state index in [0.717, 1.165) is 5.69 Å². The van der Waals surface area contributed by atoms with Crippen molar-refractivity contribution in [3.63, 3.8) is 0 Å².